The van der Waals surface area contributed by atoms with E-state index < -0.39 is 11.9 Å². The molecule has 0 bridgehead atoms. The fourth-order valence-electron chi connectivity index (χ4n) is 0.911. The Morgan fingerprint density at radius 2 is 1.00 bits per heavy atom. The van der Waals surface area contributed by atoms with Gasteiger partial charge in [0.05, 0.1) is 12.2 Å². The summed E-state index contributed by atoms with van der Waals surface area (Å²) in [5, 5.41) is 0. The molecule has 0 atom stereocenters. The maximum atomic E-state index is 11.5. The van der Waals surface area contributed by atoms with Crippen molar-refractivity contribution in [1.29, 1.82) is 0 Å². The molecule has 16 heavy (non-hydrogen) atoms. The zero-order valence-corrected chi connectivity index (χ0v) is 10.8. The molecule has 0 aliphatic rings. The van der Waals surface area contributed by atoms with Crippen LogP contribution in [0.3, 0.4) is 0 Å². The van der Waals surface area contributed by atoms with Gasteiger partial charge in [0.15, 0.2) is 0 Å². The Labute approximate surface area is 96.6 Å². The molecule has 0 aromatic heterocycles. The molecular weight excluding hydrogens is 208 g/mol. The highest BCUT2D eigenvalue weighted by Crippen LogP contribution is 2.10. The van der Waals surface area contributed by atoms with Gasteiger partial charge in [0.25, 0.3) is 0 Å². The van der Waals surface area contributed by atoms with Crippen molar-refractivity contribution in [1.82, 2.24) is 0 Å². The second-order valence-corrected chi connectivity index (χ2v) is 4.16. The van der Waals surface area contributed by atoms with Crippen LogP contribution in [0.4, 0.5) is 0 Å². The molecule has 0 saturated carbocycles. The van der Waals surface area contributed by atoms with Gasteiger partial charge in [-0.25, -0.2) is 9.59 Å². The average Bonchev–Trinajstić information content (AvgIpc) is 2.13. The quantitative estimate of drug-likeness (QED) is 0.547. The number of carbonyl (C=O) groups is 2. The standard InChI is InChI=1S/C12H20O4/c1-7(2)15-11(13)9(5)10(6)12(14)16-8(3)4/h7-8H,1-6H3/b10-9+. The van der Waals surface area contributed by atoms with E-state index in [1.54, 1.807) is 41.5 Å². The number of rotatable bonds is 4. The van der Waals surface area contributed by atoms with Crippen LogP contribution in [0.1, 0.15) is 41.5 Å². The highest BCUT2D eigenvalue weighted by Gasteiger charge is 2.17. The Morgan fingerprint density at radius 3 is 1.19 bits per heavy atom. The van der Waals surface area contributed by atoms with E-state index in [1.807, 2.05) is 0 Å². The molecule has 0 aliphatic heterocycles. The molecule has 0 radical (unpaired) electrons. The normalized spacial score (nSPS) is 12.5. The molecule has 0 amide bonds. The van der Waals surface area contributed by atoms with Gasteiger partial charge in [-0.1, -0.05) is 0 Å². The number of hydrogen-bond acceptors (Lipinski definition) is 4. The van der Waals surface area contributed by atoms with E-state index in [9.17, 15) is 9.59 Å². The van der Waals surface area contributed by atoms with Gasteiger partial charge < -0.3 is 9.47 Å². The van der Waals surface area contributed by atoms with Crippen molar-refractivity contribution in [3.05, 3.63) is 11.1 Å². The lowest BCUT2D eigenvalue weighted by Crippen LogP contribution is -2.18. The Morgan fingerprint density at radius 1 is 0.750 bits per heavy atom. The third kappa shape index (κ3) is 4.96. The van der Waals surface area contributed by atoms with Gasteiger partial charge in [-0.3, -0.25) is 0 Å². The fraction of sp³-hybridized carbons (Fsp3) is 0.667. The van der Waals surface area contributed by atoms with Crippen LogP contribution < -0.4 is 0 Å². The van der Waals surface area contributed by atoms with Crippen molar-refractivity contribution in [3.8, 4) is 0 Å². The SMILES string of the molecule is C/C(C(=O)OC(C)C)=C(/C)C(=O)OC(C)C. The summed E-state index contributed by atoms with van der Waals surface area (Å²) in [4.78, 5) is 23.0. The third-order valence-electron chi connectivity index (χ3n) is 1.86. The smallest absolute Gasteiger partial charge is 0.334 e. The molecule has 0 rings (SSSR count). The third-order valence-corrected chi connectivity index (χ3v) is 1.86. The van der Waals surface area contributed by atoms with Crippen molar-refractivity contribution < 1.29 is 19.1 Å². The zero-order valence-electron chi connectivity index (χ0n) is 10.8. The number of esters is 2. The Hall–Kier alpha value is -1.32. The predicted octanol–water partition coefficient (Wildman–Crippen LogP) is 2.23. The van der Waals surface area contributed by atoms with Gasteiger partial charge in [0, 0.05) is 11.1 Å². The molecule has 0 saturated heterocycles. The summed E-state index contributed by atoms with van der Waals surface area (Å²) in [6.45, 7) is 10.1. The van der Waals surface area contributed by atoms with E-state index in [0.717, 1.165) is 0 Å². The molecule has 0 spiro atoms. The Kier molecular flexibility index (Phi) is 5.78. The van der Waals surface area contributed by atoms with Crippen LogP contribution in [-0.2, 0) is 19.1 Å². The van der Waals surface area contributed by atoms with E-state index in [-0.39, 0.29) is 12.2 Å². The maximum Gasteiger partial charge on any atom is 0.334 e. The van der Waals surface area contributed by atoms with Gasteiger partial charge in [0.1, 0.15) is 0 Å². The minimum absolute atomic E-state index is 0.198. The average molecular weight is 228 g/mol. The second kappa shape index (κ2) is 6.30. The highest BCUT2D eigenvalue weighted by atomic mass is 16.5. The maximum absolute atomic E-state index is 11.5. The largest absolute Gasteiger partial charge is 0.460 e. The molecule has 4 heteroatoms. The lowest BCUT2D eigenvalue weighted by atomic mass is 10.1. The lowest BCUT2D eigenvalue weighted by molar-refractivity contribution is -0.146. The van der Waals surface area contributed by atoms with Gasteiger partial charge in [-0.2, -0.15) is 0 Å². The van der Waals surface area contributed by atoms with Crippen molar-refractivity contribution in [2.45, 2.75) is 53.8 Å². The monoisotopic (exact) mass is 228 g/mol. The minimum Gasteiger partial charge on any atom is -0.460 e. The van der Waals surface area contributed by atoms with Gasteiger partial charge in [-0.05, 0) is 41.5 Å². The highest BCUT2D eigenvalue weighted by molar-refractivity contribution is 5.99. The van der Waals surface area contributed by atoms with E-state index in [4.69, 9.17) is 9.47 Å². The summed E-state index contributed by atoms with van der Waals surface area (Å²) < 4.78 is 9.97. The molecular formula is C12H20O4. The van der Waals surface area contributed by atoms with E-state index >= 15 is 0 Å². The van der Waals surface area contributed by atoms with Crippen LogP contribution in [0.25, 0.3) is 0 Å². The van der Waals surface area contributed by atoms with Crippen molar-refractivity contribution in [3.63, 3.8) is 0 Å². The summed E-state index contributed by atoms with van der Waals surface area (Å²) in [5.74, 6) is -0.957. The van der Waals surface area contributed by atoms with E-state index in [2.05, 4.69) is 0 Å². The van der Waals surface area contributed by atoms with Gasteiger partial charge in [0.2, 0.25) is 0 Å². The van der Waals surface area contributed by atoms with Crippen molar-refractivity contribution >= 4 is 11.9 Å². The number of ether oxygens (including phenoxy) is 2. The molecule has 0 aliphatic carbocycles. The first-order chi connectivity index (χ1) is 7.25. The molecule has 92 valence electrons. The fourth-order valence-corrected chi connectivity index (χ4v) is 0.911. The summed E-state index contributed by atoms with van der Waals surface area (Å²) in [7, 11) is 0. The first-order valence-corrected chi connectivity index (χ1v) is 5.35. The molecule has 0 heterocycles. The first kappa shape index (κ1) is 14.7. The van der Waals surface area contributed by atoms with Gasteiger partial charge >= 0.3 is 11.9 Å². The van der Waals surface area contributed by atoms with Crippen LogP contribution >= 0.6 is 0 Å². The first-order valence-electron chi connectivity index (χ1n) is 5.35. The number of hydrogen-bond donors (Lipinski definition) is 0. The molecule has 0 fully saturated rings. The van der Waals surface area contributed by atoms with Crippen molar-refractivity contribution in [2.24, 2.45) is 0 Å². The van der Waals surface area contributed by atoms with Crippen LogP contribution in [0.5, 0.6) is 0 Å². The van der Waals surface area contributed by atoms with E-state index in [0.29, 0.717) is 11.1 Å². The molecule has 0 aromatic rings. The van der Waals surface area contributed by atoms with Crippen LogP contribution in [0, 0.1) is 0 Å². The summed E-state index contributed by atoms with van der Waals surface area (Å²) in [6.07, 6.45) is -0.396. The molecule has 0 N–H and O–H groups in total. The second-order valence-electron chi connectivity index (χ2n) is 4.16. The van der Waals surface area contributed by atoms with Crippen LogP contribution in [-0.4, -0.2) is 24.1 Å². The number of carbonyl (C=O) groups excluding carboxylic acids is 2. The Balaban J connectivity index is 4.68. The summed E-state index contributed by atoms with van der Waals surface area (Å²) in [6, 6.07) is 0. The van der Waals surface area contributed by atoms with Crippen LogP contribution in [0.2, 0.25) is 0 Å². The predicted molar refractivity (Wildman–Crippen MR) is 60.8 cm³/mol. The zero-order chi connectivity index (χ0) is 12.9. The molecule has 4 nitrogen and oxygen atoms in total. The van der Waals surface area contributed by atoms with Crippen LogP contribution in [0.15, 0.2) is 11.1 Å². The van der Waals surface area contributed by atoms with E-state index in [1.165, 1.54) is 0 Å². The minimum atomic E-state index is -0.479. The molecule has 0 aromatic carbocycles. The lowest BCUT2D eigenvalue weighted by Gasteiger charge is -2.12. The Bertz CT molecular complexity index is 270. The summed E-state index contributed by atoms with van der Waals surface area (Å²) >= 11 is 0. The molecule has 0 unspecified atom stereocenters. The van der Waals surface area contributed by atoms with Gasteiger partial charge in [-0.15, -0.1) is 0 Å². The summed E-state index contributed by atoms with van der Waals surface area (Å²) in [5.41, 5.74) is 0.582. The van der Waals surface area contributed by atoms with Crippen molar-refractivity contribution in [2.75, 3.05) is 0 Å². The topological polar surface area (TPSA) is 52.6 Å².